The molecule has 8 heteroatoms. The summed E-state index contributed by atoms with van der Waals surface area (Å²) < 4.78 is 7.56. The third-order valence-electron chi connectivity index (χ3n) is 5.47. The highest BCUT2D eigenvalue weighted by Gasteiger charge is 2.26. The van der Waals surface area contributed by atoms with Crippen LogP contribution in [-0.2, 0) is 16.1 Å². The Labute approximate surface area is 193 Å². The lowest BCUT2D eigenvalue weighted by Gasteiger charge is -2.28. The van der Waals surface area contributed by atoms with Crippen LogP contribution in [0.25, 0.3) is 5.69 Å². The monoisotopic (exact) mass is 451 g/mol. The number of aryl methyl sites for hydroxylation is 1. The minimum Gasteiger partial charge on any atom is -0.378 e. The van der Waals surface area contributed by atoms with E-state index < -0.39 is 0 Å². The number of amides is 1. The summed E-state index contributed by atoms with van der Waals surface area (Å²) in [7, 11) is 1.84. The zero-order chi connectivity index (χ0) is 22.5. The lowest BCUT2D eigenvalue weighted by atomic mass is 10.2. The molecule has 0 N–H and O–H groups in total. The molecule has 0 saturated carbocycles. The Balaban J connectivity index is 1.56. The topological polar surface area (TPSA) is 63.5 Å². The Kier molecular flexibility index (Phi) is 7.12. The van der Waals surface area contributed by atoms with Crippen molar-refractivity contribution in [3.8, 4) is 5.69 Å². The van der Waals surface area contributed by atoms with Crippen LogP contribution in [0, 0.1) is 6.92 Å². The van der Waals surface area contributed by atoms with Crippen LogP contribution < -0.4 is 4.90 Å². The second-order valence-electron chi connectivity index (χ2n) is 7.99. The first kappa shape index (κ1) is 22.4. The number of ether oxygens (including phenoxy) is 1. The SMILES string of the molecule is Cc1ccc(-n2c(SC(C)C(=O)N(C)Cc3ccccc3)nnc2N2CCOCC2)cc1. The molecule has 2 heterocycles. The van der Waals surface area contributed by atoms with Crippen molar-refractivity contribution >= 4 is 23.6 Å². The number of rotatable bonds is 7. The predicted molar refractivity (Wildman–Crippen MR) is 127 cm³/mol. The number of benzene rings is 2. The highest BCUT2D eigenvalue weighted by Crippen LogP contribution is 2.30. The van der Waals surface area contributed by atoms with Gasteiger partial charge in [0.2, 0.25) is 11.9 Å². The van der Waals surface area contributed by atoms with E-state index >= 15 is 0 Å². The number of morpholine rings is 1. The van der Waals surface area contributed by atoms with Crippen LogP contribution in [0.5, 0.6) is 0 Å². The van der Waals surface area contributed by atoms with E-state index in [1.54, 1.807) is 4.90 Å². The summed E-state index contributed by atoms with van der Waals surface area (Å²) in [6, 6.07) is 18.3. The lowest BCUT2D eigenvalue weighted by Crippen LogP contribution is -2.38. The summed E-state index contributed by atoms with van der Waals surface area (Å²) in [5.41, 5.74) is 3.29. The van der Waals surface area contributed by atoms with Crippen LogP contribution in [0.15, 0.2) is 59.8 Å². The molecule has 32 heavy (non-hydrogen) atoms. The van der Waals surface area contributed by atoms with Gasteiger partial charge >= 0.3 is 0 Å². The zero-order valence-electron chi connectivity index (χ0n) is 18.8. The molecule has 3 aromatic rings. The number of anilines is 1. The lowest BCUT2D eigenvalue weighted by molar-refractivity contribution is -0.129. The number of hydrogen-bond donors (Lipinski definition) is 0. The van der Waals surface area contributed by atoms with Crippen LogP contribution in [0.4, 0.5) is 5.95 Å². The van der Waals surface area contributed by atoms with Crippen LogP contribution in [0.1, 0.15) is 18.1 Å². The van der Waals surface area contributed by atoms with Gasteiger partial charge in [0.1, 0.15) is 0 Å². The summed E-state index contributed by atoms with van der Waals surface area (Å²) in [6.07, 6.45) is 0. The minimum absolute atomic E-state index is 0.0604. The fourth-order valence-corrected chi connectivity index (χ4v) is 4.66. The molecule has 0 radical (unpaired) electrons. The maximum Gasteiger partial charge on any atom is 0.235 e. The molecule has 1 unspecified atom stereocenters. The van der Waals surface area contributed by atoms with Gasteiger partial charge in [0.25, 0.3) is 0 Å². The molecule has 1 saturated heterocycles. The van der Waals surface area contributed by atoms with Gasteiger partial charge in [-0.3, -0.25) is 9.36 Å². The Morgan fingerprint density at radius 2 is 1.78 bits per heavy atom. The van der Waals surface area contributed by atoms with Gasteiger partial charge in [0, 0.05) is 26.7 Å². The van der Waals surface area contributed by atoms with Crippen molar-refractivity contribution in [3.63, 3.8) is 0 Å². The first-order valence-electron chi connectivity index (χ1n) is 10.8. The Morgan fingerprint density at radius 3 is 2.47 bits per heavy atom. The molecule has 1 aliphatic heterocycles. The molecule has 1 aromatic heterocycles. The summed E-state index contributed by atoms with van der Waals surface area (Å²) in [4.78, 5) is 17.0. The van der Waals surface area contributed by atoms with Crippen molar-refractivity contribution in [1.82, 2.24) is 19.7 Å². The smallest absolute Gasteiger partial charge is 0.235 e. The largest absolute Gasteiger partial charge is 0.378 e. The van der Waals surface area contributed by atoms with Crippen molar-refractivity contribution in [2.45, 2.75) is 30.8 Å². The molecule has 1 amide bonds. The fraction of sp³-hybridized carbons (Fsp3) is 0.375. The summed E-state index contributed by atoms with van der Waals surface area (Å²) in [6.45, 7) is 7.44. The van der Waals surface area contributed by atoms with Gasteiger partial charge < -0.3 is 14.5 Å². The van der Waals surface area contributed by atoms with E-state index in [4.69, 9.17) is 4.74 Å². The zero-order valence-corrected chi connectivity index (χ0v) is 19.6. The molecule has 1 fully saturated rings. The quantitative estimate of drug-likeness (QED) is 0.512. The van der Waals surface area contributed by atoms with E-state index in [1.165, 1.54) is 17.3 Å². The van der Waals surface area contributed by atoms with E-state index in [0.29, 0.717) is 24.9 Å². The number of aromatic nitrogens is 3. The normalized spacial score (nSPS) is 14.9. The third-order valence-corrected chi connectivity index (χ3v) is 6.50. The van der Waals surface area contributed by atoms with E-state index in [0.717, 1.165) is 30.3 Å². The molecular weight excluding hydrogens is 422 g/mol. The highest BCUT2D eigenvalue weighted by molar-refractivity contribution is 8.00. The van der Waals surface area contributed by atoms with E-state index in [2.05, 4.69) is 50.9 Å². The van der Waals surface area contributed by atoms with Crippen molar-refractivity contribution < 1.29 is 9.53 Å². The summed E-state index contributed by atoms with van der Waals surface area (Å²) >= 11 is 1.44. The van der Waals surface area contributed by atoms with E-state index in [-0.39, 0.29) is 11.2 Å². The summed E-state index contributed by atoms with van der Waals surface area (Å²) in [5.74, 6) is 0.849. The third kappa shape index (κ3) is 5.14. The molecule has 2 aromatic carbocycles. The maximum absolute atomic E-state index is 13.1. The molecule has 4 rings (SSSR count). The minimum atomic E-state index is -0.297. The van der Waals surface area contributed by atoms with Gasteiger partial charge in [-0.1, -0.05) is 59.8 Å². The number of hydrogen-bond acceptors (Lipinski definition) is 6. The van der Waals surface area contributed by atoms with E-state index in [1.807, 2.05) is 44.3 Å². The molecule has 1 aliphatic rings. The first-order valence-corrected chi connectivity index (χ1v) is 11.7. The average Bonchev–Trinajstić information content (AvgIpc) is 3.23. The Morgan fingerprint density at radius 1 is 1.09 bits per heavy atom. The average molecular weight is 452 g/mol. The van der Waals surface area contributed by atoms with Crippen molar-refractivity contribution in [2.75, 3.05) is 38.3 Å². The molecule has 168 valence electrons. The van der Waals surface area contributed by atoms with Gasteiger partial charge in [0.05, 0.1) is 24.2 Å². The van der Waals surface area contributed by atoms with Gasteiger partial charge in [-0.2, -0.15) is 0 Å². The van der Waals surface area contributed by atoms with Gasteiger partial charge in [-0.25, -0.2) is 0 Å². The number of thioether (sulfide) groups is 1. The summed E-state index contributed by atoms with van der Waals surface area (Å²) in [5, 5.41) is 9.40. The van der Waals surface area contributed by atoms with Gasteiger partial charge in [-0.05, 0) is 31.5 Å². The van der Waals surface area contributed by atoms with Crippen molar-refractivity contribution in [3.05, 3.63) is 65.7 Å². The maximum atomic E-state index is 13.1. The fourth-order valence-electron chi connectivity index (χ4n) is 3.68. The first-order chi connectivity index (χ1) is 15.5. The van der Waals surface area contributed by atoms with Gasteiger partial charge in [-0.15, -0.1) is 10.2 Å². The van der Waals surface area contributed by atoms with Gasteiger partial charge in [0.15, 0.2) is 5.16 Å². The Bertz CT molecular complexity index is 1030. The molecule has 7 nitrogen and oxygen atoms in total. The standard InChI is InChI=1S/C24H29N5O2S/c1-18-9-11-21(12-10-18)29-23(28-13-15-31-16-14-28)25-26-24(29)32-19(2)22(30)27(3)17-20-7-5-4-6-8-20/h4-12,19H,13-17H2,1-3H3. The molecule has 1 atom stereocenters. The number of carbonyl (C=O) groups is 1. The molecular formula is C24H29N5O2S. The molecule has 0 spiro atoms. The second kappa shape index (κ2) is 10.2. The molecule has 0 bridgehead atoms. The number of carbonyl (C=O) groups excluding carboxylic acids is 1. The van der Waals surface area contributed by atoms with Crippen LogP contribution in [-0.4, -0.2) is 64.2 Å². The van der Waals surface area contributed by atoms with E-state index in [9.17, 15) is 4.79 Å². The van der Waals surface area contributed by atoms with Crippen molar-refractivity contribution in [1.29, 1.82) is 0 Å². The second-order valence-corrected chi connectivity index (χ2v) is 9.30. The van der Waals surface area contributed by atoms with Crippen LogP contribution in [0.2, 0.25) is 0 Å². The van der Waals surface area contributed by atoms with Crippen molar-refractivity contribution in [2.24, 2.45) is 0 Å². The highest BCUT2D eigenvalue weighted by atomic mass is 32.2. The van der Waals surface area contributed by atoms with Crippen LogP contribution in [0.3, 0.4) is 0 Å². The Hall–Kier alpha value is -2.84. The predicted octanol–water partition coefficient (Wildman–Crippen LogP) is 3.55. The number of nitrogens with zero attached hydrogens (tertiary/aromatic N) is 5. The van der Waals surface area contributed by atoms with Crippen LogP contribution >= 0.6 is 11.8 Å². The molecule has 0 aliphatic carbocycles.